The Morgan fingerprint density at radius 3 is 3.00 bits per heavy atom. The van der Waals surface area contributed by atoms with Crippen LogP contribution in [0.5, 0.6) is 5.88 Å². The van der Waals surface area contributed by atoms with E-state index in [0.717, 1.165) is 6.33 Å². The molecule has 0 aliphatic heterocycles. The van der Waals surface area contributed by atoms with Crippen molar-refractivity contribution < 1.29 is 9.90 Å². The van der Waals surface area contributed by atoms with E-state index in [1.54, 1.807) is 0 Å². The maximum atomic E-state index is 10.2. The normalized spacial score (nSPS) is 9.09. The molecule has 6 nitrogen and oxygen atoms in total. The van der Waals surface area contributed by atoms with Gasteiger partial charge in [0.1, 0.15) is 12.0 Å². The molecular weight excluding hydrogens is 148 g/mol. The third-order valence-corrected chi connectivity index (χ3v) is 0.939. The highest BCUT2D eigenvalue weighted by atomic mass is 16.3. The first-order valence-electron chi connectivity index (χ1n) is 2.71. The number of rotatable bonds is 1. The lowest BCUT2D eigenvalue weighted by Crippen LogP contribution is -2.09. The van der Waals surface area contributed by atoms with Crippen LogP contribution in [0.3, 0.4) is 0 Å². The smallest absolute Gasteiger partial charge is 0.338 e. The first-order valence-corrected chi connectivity index (χ1v) is 2.71. The highest BCUT2D eigenvalue weighted by Crippen LogP contribution is 2.15. The van der Waals surface area contributed by atoms with E-state index in [1.807, 2.05) is 5.32 Å². The molecule has 0 aromatic carbocycles. The summed E-state index contributed by atoms with van der Waals surface area (Å²) in [6, 6.07) is -1.02. The minimum Gasteiger partial charge on any atom is -0.492 e. The summed E-state index contributed by atoms with van der Waals surface area (Å²) in [5, 5.41) is 10.9. The lowest BCUT2D eigenvalue weighted by molar-refractivity contribution is 0.258. The minimum absolute atomic E-state index is 0.0347. The molecule has 0 unspecified atom stereocenters. The zero-order chi connectivity index (χ0) is 8.27. The van der Waals surface area contributed by atoms with E-state index in [1.165, 1.54) is 6.20 Å². The third kappa shape index (κ3) is 1.78. The number of urea groups is 1. The highest BCUT2D eigenvalue weighted by Gasteiger charge is 2.02. The Morgan fingerprint density at radius 2 is 2.45 bits per heavy atom. The first kappa shape index (κ1) is 7.26. The van der Waals surface area contributed by atoms with E-state index in [9.17, 15) is 4.79 Å². The number of hydrogen-bond acceptors (Lipinski definition) is 4. The molecule has 6 heteroatoms. The third-order valence-electron chi connectivity index (χ3n) is 0.939. The molecule has 0 atom stereocenters. The van der Waals surface area contributed by atoms with Gasteiger partial charge in [0.15, 0.2) is 0 Å². The Kier molecular flexibility index (Phi) is 1.86. The molecule has 1 rings (SSSR count). The summed E-state index contributed by atoms with van der Waals surface area (Å²) in [4.78, 5) is 17.1. The molecule has 1 radical (unpaired) electrons. The topological polar surface area (TPSA) is 98.9 Å². The summed E-state index contributed by atoms with van der Waals surface area (Å²) in [7, 11) is 0. The Morgan fingerprint density at radius 1 is 1.73 bits per heavy atom. The number of anilines is 1. The van der Waals surface area contributed by atoms with Gasteiger partial charge in [0.05, 0.1) is 6.20 Å². The molecule has 3 N–H and O–H groups in total. The zero-order valence-electron chi connectivity index (χ0n) is 5.40. The molecule has 1 heterocycles. The fraction of sp³-hybridized carbons (Fsp3) is 0. The number of nitrogens with one attached hydrogen (secondary N) is 2. The van der Waals surface area contributed by atoms with Crippen LogP contribution in [0.2, 0.25) is 0 Å². The average Bonchev–Trinajstić information content (AvgIpc) is 1.93. The van der Waals surface area contributed by atoms with Gasteiger partial charge in [-0.2, -0.15) is 0 Å². The van der Waals surface area contributed by atoms with E-state index < -0.39 is 6.03 Å². The SMILES string of the molecule is [NH]C(=O)Nc1cncnc1O. The molecule has 11 heavy (non-hydrogen) atoms. The van der Waals surface area contributed by atoms with Crippen LogP contribution in [0.1, 0.15) is 0 Å². The van der Waals surface area contributed by atoms with Crippen molar-refractivity contribution in [1.82, 2.24) is 15.7 Å². The van der Waals surface area contributed by atoms with Gasteiger partial charge >= 0.3 is 6.03 Å². The van der Waals surface area contributed by atoms with E-state index >= 15 is 0 Å². The summed E-state index contributed by atoms with van der Waals surface area (Å²) >= 11 is 0. The van der Waals surface area contributed by atoms with E-state index in [2.05, 4.69) is 9.97 Å². The van der Waals surface area contributed by atoms with Gasteiger partial charge in [-0.25, -0.2) is 20.5 Å². The Labute approximate surface area is 62.1 Å². The fourth-order valence-electron chi connectivity index (χ4n) is 0.534. The Hall–Kier alpha value is -1.85. The van der Waals surface area contributed by atoms with Gasteiger partial charge in [0.25, 0.3) is 0 Å². The second kappa shape index (κ2) is 2.82. The predicted octanol–water partition coefficient (Wildman–Crippen LogP) is -0.00300. The zero-order valence-corrected chi connectivity index (χ0v) is 5.40. The van der Waals surface area contributed by atoms with Crippen LogP contribution in [0, 0.1) is 0 Å². The molecule has 0 fully saturated rings. The number of aromatic hydroxyl groups is 1. The van der Waals surface area contributed by atoms with Crippen LogP contribution in [0.4, 0.5) is 10.5 Å². The summed E-state index contributed by atoms with van der Waals surface area (Å²) in [5.41, 5.74) is 6.53. The van der Waals surface area contributed by atoms with Crippen molar-refractivity contribution in [1.29, 1.82) is 0 Å². The maximum Gasteiger partial charge on any atom is 0.338 e. The van der Waals surface area contributed by atoms with Crippen LogP contribution in [-0.2, 0) is 0 Å². The molecule has 0 saturated carbocycles. The molecule has 57 valence electrons. The maximum absolute atomic E-state index is 10.2. The van der Waals surface area contributed by atoms with Gasteiger partial charge < -0.3 is 10.4 Å². The van der Waals surface area contributed by atoms with Crippen molar-refractivity contribution in [2.45, 2.75) is 0 Å². The lowest BCUT2D eigenvalue weighted by atomic mass is 10.5. The van der Waals surface area contributed by atoms with Gasteiger partial charge in [-0.15, -0.1) is 0 Å². The molecule has 0 aliphatic rings. The molecular formula is C5H5N4O2. The molecule has 1 aromatic heterocycles. The van der Waals surface area contributed by atoms with Crippen molar-refractivity contribution in [3.63, 3.8) is 0 Å². The van der Waals surface area contributed by atoms with Gasteiger partial charge in [-0.05, 0) is 0 Å². The molecule has 0 saturated heterocycles. The van der Waals surface area contributed by atoms with Crippen LogP contribution in [-0.4, -0.2) is 21.1 Å². The predicted molar refractivity (Wildman–Crippen MR) is 35.8 cm³/mol. The highest BCUT2D eigenvalue weighted by molar-refractivity contribution is 5.88. The number of carbonyl (C=O) groups excluding carboxylic acids is 1. The number of hydrogen-bond donors (Lipinski definition) is 2. The van der Waals surface area contributed by atoms with Gasteiger partial charge in [0, 0.05) is 0 Å². The molecule has 1 aromatic rings. The van der Waals surface area contributed by atoms with Gasteiger partial charge in [-0.1, -0.05) is 0 Å². The van der Waals surface area contributed by atoms with E-state index in [4.69, 9.17) is 10.8 Å². The van der Waals surface area contributed by atoms with Crippen LogP contribution in [0.25, 0.3) is 0 Å². The monoisotopic (exact) mass is 153 g/mol. The largest absolute Gasteiger partial charge is 0.492 e. The Balaban J connectivity index is 2.86. The standard InChI is InChI=1S/C5H5N4O2/c6-5(11)9-3-1-7-2-8-4(3)10/h1-2,6H,(H,9,11)(H,7,8,10). The second-order valence-electron chi connectivity index (χ2n) is 1.71. The summed E-state index contributed by atoms with van der Waals surface area (Å²) in [6.45, 7) is 0. The van der Waals surface area contributed by atoms with Crippen molar-refractivity contribution in [3.8, 4) is 5.88 Å². The quantitative estimate of drug-likeness (QED) is 0.592. The van der Waals surface area contributed by atoms with Crippen LogP contribution in [0.15, 0.2) is 12.5 Å². The Bertz CT molecular complexity index is 275. The molecule has 0 bridgehead atoms. The van der Waals surface area contributed by atoms with Crippen molar-refractivity contribution in [2.24, 2.45) is 0 Å². The van der Waals surface area contributed by atoms with Gasteiger partial charge in [-0.3, -0.25) is 0 Å². The summed E-state index contributed by atoms with van der Waals surface area (Å²) in [6.07, 6.45) is 2.34. The minimum atomic E-state index is -1.02. The van der Waals surface area contributed by atoms with Gasteiger partial charge in [0.2, 0.25) is 5.88 Å². The number of carbonyl (C=O) groups is 1. The van der Waals surface area contributed by atoms with E-state index in [-0.39, 0.29) is 11.6 Å². The van der Waals surface area contributed by atoms with Crippen LogP contribution < -0.4 is 11.1 Å². The lowest BCUT2D eigenvalue weighted by Gasteiger charge is -1.99. The summed E-state index contributed by atoms with van der Waals surface area (Å²) in [5.74, 6) is -0.347. The average molecular weight is 153 g/mol. The van der Waals surface area contributed by atoms with Crippen molar-refractivity contribution in [3.05, 3.63) is 12.5 Å². The number of amides is 2. The van der Waals surface area contributed by atoms with Crippen LogP contribution >= 0.6 is 0 Å². The van der Waals surface area contributed by atoms with Crippen molar-refractivity contribution in [2.75, 3.05) is 5.32 Å². The van der Waals surface area contributed by atoms with Crippen molar-refractivity contribution >= 4 is 11.7 Å². The molecule has 2 amide bonds. The number of nitrogens with zero attached hydrogens (tertiary/aromatic N) is 2. The van der Waals surface area contributed by atoms with E-state index in [0.29, 0.717) is 0 Å². The fourth-order valence-corrected chi connectivity index (χ4v) is 0.534. The second-order valence-corrected chi connectivity index (χ2v) is 1.71. The number of aromatic nitrogens is 2. The first-order chi connectivity index (χ1) is 5.20. The summed E-state index contributed by atoms with van der Waals surface area (Å²) < 4.78 is 0. The molecule has 0 aliphatic carbocycles. The molecule has 0 spiro atoms.